The van der Waals surface area contributed by atoms with Gasteiger partial charge in [-0.2, -0.15) is 0 Å². The second kappa shape index (κ2) is 5.81. The van der Waals surface area contributed by atoms with Gasteiger partial charge in [0.2, 0.25) is 0 Å². The number of piperidine rings is 2. The van der Waals surface area contributed by atoms with Gasteiger partial charge in [0.25, 0.3) is 0 Å². The summed E-state index contributed by atoms with van der Waals surface area (Å²) in [5, 5.41) is 20.6. The van der Waals surface area contributed by atoms with E-state index >= 15 is 0 Å². The van der Waals surface area contributed by atoms with Crippen LogP contribution in [0.15, 0.2) is 12.1 Å². The second-order valence-corrected chi connectivity index (χ2v) is 5.90. The highest BCUT2D eigenvalue weighted by molar-refractivity contribution is 5.82. The highest BCUT2D eigenvalue weighted by atomic mass is 16.3. The third kappa shape index (κ3) is 2.51. The summed E-state index contributed by atoms with van der Waals surface area (Å²) in [6, 6.07) is 3.24. The Morgan fingerprint density at radius 3 is 1.30 bits per heavy atom. The fourth-order valence-corrected chi connectivity index (χ4v) is 3.42. The van der Waals surface area contributed by atoms with E-state index in [1.165, 1.54) is 12.8 Å². The highest BCUT2D eigenvalue weighted by Crippen LogP contribution is 2.45. The van der Waals surface area contributed by atoms with Gasteiger partial charge in [-0.3, -0.25) is 0 Å². The van der Waals surface area contributed by atoms with Crippen LogP contribution >= 0.6 is 0 Å². The van der Waals surface area contributed by atoms with Gasteiger partial charge in [-0.25, -0.2) is 0 Å². The molecule has 2 N–H and O–H groups in total. The van der Waals surface area contributed by atoms with Crippen molar-refractivity contribution in [3.8, 4) is 11.5 Å². The molecule has 2 aliphatic heterocycles. The molecule has 1 aromatic rings. The molecule has 0 aliphatic carbocycles. The summed E-state index contributed by atoms with van der Waals surface area (Å²) in [5.41, 5.74) is 1.68. The first-order chi connectivity index (χ1) is 9.77. The van der Waals surface area contributed by atoms with Gasteiger partial charge in [0.1, 0.15) is 22.9 Å². The molecule has 0 atom stereocenters. The van der Waals surface area contributed by atoms with Gasteiger partial charge in [0.05, 0.1) is 0 Å². The standard InChI is InChI=1S/C16H24N2O2/c19-13-7-8-14(20)16(18-11-5-2-6-12-18)15(13)17-9-3-1-4-10-17/h7-8,19-20H,1-6,9-12H2. The maximum absolute atomic E-state index is 10.3. The lowest BCUT2D eigenvalue weighted by Gasteiger charge is -2.36. The molecular weight excluding hydrogens is 252 g/mol. The summed E-state index contributed by atoms with van der Waals surface area (Å²) < 4.78 is 0. The molecular formula is C16H24N2O2. The molecule has 2 aliphatic rings. The van der Waals surface area contributed by atoms with Crippen LogP contribution in [0.4, 0.5) is 11.4 Å². The van der Waals surface area contributed by atoms with Crippen LogP contribution in [0.2, 0.25) is 0 Å². The summed E-state index contributed by atoms with van der Waals surface area (Å²) in [6.07, 6.45) is 7.16. The second-order valence-electron chi connectivity index (χ2n) is 5.90. The quantitative estimate of drug-likeness (QED) is 0.815. The van der Waals surface area contributed by atoms with Gasteiger partial charge in [0, 0.05) is 26.2 Å². The zero-order chi connectivity index (χ0) is 13.9. The van der Waals surface area contributed by atoms with E-state index in [0.717, 1.165) is 63.2 Å². The lowest BCUT2D eigenvalue weighted by atomic mass is 10.1. The molecule has 4 heteroatoms. The van der Waals surface area contributed by atoms with E-state index in [9.17, 15) is 10.2 Å². The molecule has 110 valence electrons. The molecule has 2 saturated heterocycles. The SMILES string of the molecule is Oc1ccc(O)c(N2CCCCC2)c1N1CCCCC1. The van der Waals surface area contributed by atoms with Gasteiger partial charge in [-0.15, -0.1) is 0 Å². The van der Waals surface area contributed by atoms with E-state index in [-0.39, 0.29) is 0 Å². The smallest absolute Gasteiger partial charge is 0.141 e. The molecule has 0 aromatic heterocycles. The summed E-state index contributed by atoms with van der Waals surface area (Å²) in [4.78, 5) is 4.48. The Balaban J connectivity index is 1.99. The number of rotatable bonds is 2. The van der Waals surface area contributed by atoms with Crippen molar-refractivity contribution in [3.63, 3.8) is 0 Å². The minimum absolute atomic E-state index is 0.297. The number of nitrogens with zero attached hydrogens (tertiary/aromatic N) is 2. The Hall–Kier alpha value is -1.58. The first-order valence-corrected chi connectivity index (χ1v) is 7.82. The Kier molecular flexibility index (Phi) is 3.90. The van der Waals surface area contributed by atoms with Crippen molar-refractivity contribution in [1.29, 1.82) is 0 Å². The Bertz CT molecular complexity index is 421. The first-order valence-electron chi connectivity index (χ1n) is 7.82. The summed E-state index contributed by atoms with van der Waals surface area (Å²) >= 11 is 0. The normalized spacial score (nSPS) is 20.2. The van der Waals surface area contributed by atoms with Crippen molar-refractivity contribution in [2.45, 2.75) is 38.5 Å². The fraction of sp³-hybridized carbons (Fsp3) is 0.625. The van der Waals surface area contributed by atoms with Crippen LogP contribution in [0.3, 0.4) is 0 Å². The van der Waals surface area contributed by atoms with Crippen LogP contribution in [0.25, 0.3) is 0 Å². The first kappa shape index (κ1) is 13.4. The number of hydrogen-bond donors (Lipinski definition) is 2. The molecule has 3 rings (SSSR count). The molecule has 1 aromatic carbocycles. The lowest BCUT2D eigenvalue weighted by Crippen LogP contribution is -2.34. The number of benzene rings is 1. The molecule has 0 saturated carbocycles. The van der Waals surface area contributed by atoms with Crippen molar-refractivity contribution < 1.29 is 10.2 Å². The number of anilines is 2. The van der Waals surface area contributed by atoms with E-state index in [0.29, 0.717) is 11.5 Å². The van der Waals surface area contributed by atoms with Gasteiger partial charge in [0.15, 0.2) is 0 Å². The van der Waals surface area contributed by atoms with E-state index in [2.05, 4.69) is 9.80 Å². The highest BCUT2D eigenvalue weighted by Gasteiger charge is 2.25. The average molecular weight is 276 g/mol. The predicted molar refractivity (Wildman–Crippen MR) is 81.9 cm³/mol. The van der Waals surface area contributed by atoms with Gasteiger partial charge in [-0.1, -0.05) is 0 Å². The van der Waals surface area contributed by atoms with E-state index < -0.39 is 0 Å². The zero-order valence-corrected chi connectivity index (χ0v) is 12.0. The number of hydrogen-bond acceptors (Lipinski definition) is 4. The molecule has 4 nitrogen and oxygen atoms in total. The molecule has 0 bridgehead atoms. The molecule has 20 heavy (non-hydrogen) atoms. The summed E-state index contributed by atoms with van der Waals surface area (Å²) in [5.74, 6) is 0.593. The molecule has 0 amide bonds. The maximum Gasteiger partial charge on any atom is 0.141 e. The monoisotopic (exact) mass is 276 g/mol. The number of phenolic OH excluding ortho intramolecular Hbond substituents is 2. The molecule has 0 spiro atoms. The minimum Gasteiger partial charge on any atom is -0.506 e. The Labute approximate surface area is 120 Å². The maximum atomic E-state index is 10.3. The minimum atomic E-state index is 0.297. The van der Waals surface area contributed by atoms with Crippen LogP contribution in [0.1, 0.15) is 38.5 Å². The third-order valence-corrected chi connectivity index (χ3v) is 4.45. The third-order valence-electron chi connectivity index (χ3n) is 4.45. The van der Waals surface area contributed by atoms with Crippen molar-refractivity contribution in [2.24, 2.45) is 0 Å². The number of aromatic hydroxyl groups is 2. The summed E-state index contributed by atoms with van der Waals surface area (Å²) in [6.45, 7) is 3.88. The Morgan fingerprint density at radius 1 is 0.600 bits per heavy atom. The van der Waals surface area contributed by atoms with Crippen LogP contribution in [-0.2, 0) is 0 Å². The molecule has 0 unspecified atom stereocenters. The lowest BCUT2D eigenvalue weighted by molar-refractivity contribution is 0.452. The van der Waals surface area contributed by atoms with Gasteiger partial charge < -0.3 is 20.0 Å². The average Bonchev–Trinajstić information content (AvgIpc) is 2.51. The molecule has 0 radical (unpaired) electrons. The fourth-order valence-electron chi connectivity index (χ4n) is 3.42. The van der Waals surface area contributed by atoms with Crippen LogP contribution in [-0.4, -0.2) is 36.4 Å². The van der Waals surface area contributed by atoms with E-state index in [4.69, 9.17) is 0 Å². The van der Waals surface area contributed by atoms with E-state index in [1.54, 1.807) is 12.1 Å². The van der Waals surface area contributed by atoms with Crippen molar-refractivity contribution in [1.82, 2.24) is 0 Å². The van der Waals surface area contributed by atoms with Crippen LogP contribution in [0.5, 0.6) is 11.5 Å². The zero-order valence-electron chi connectivity index (χ0n) is 12.0. The Morgan fingerprint density at radius 2 is 0.950 bits per heavy atom. The van der Waals surface area contributed by atoms with Gasteiger partial charge in [-0.05, 0) is 50.7 Å². The topological polar surface area (TPSA) is 46.9 Å². The van der Waals surface area contributed by atoms with Crippen LogP contribution in [0, 0.1) is 0 Å². The summed E-state index contributed by atoms with van der Waals surface area (Å²) in [7, 11) is 0. The van der Waals surface area contributed by atoms with Crippen LogP contribution < -0.4 is 9.80 Å². The van der Waals surface area contributed by atoms with Crippen molar-refractivity contribution in [3.05, 3.63) is 12.1 Å². The number of phenols is 2. The van der Waals surface area contributed by atoms with Crippen molar-refractivity contribution >= 4 is 11.4 Å². The van der Waals surface area contributed by atoms with Gasteiger partial charge >= 0.3 is 0 Å². The van der Waals surface area contributed by atoms with Crippen molar-refractivity contribution in [2.75, 3.05) is 36.0 Å². The largest absolute Gasteiger partial charge is 0.506 e. The predicted octanol–water partition coefficient (Wildman–Crippen LogP) is 3.08. The molecule has 2 heterocycles. The molecule has 2 fully saturated rings. The van der Waals surface area contributed by atoms with E-state index in [1.807, 2.05) is 0 Å².